The van der Waals surface area contributed by atoms with Crippen molar-refractivity contribution in [3.05, 3.63) is 74.0 Å². The second kappa shape index (κ2) is 9.24. The smallest absolute Gasteiger partial charge is 0.184 e. The number of aliphatic hydroxyl groups excluding tert-OH is 1. The Morgan fingerprint density at radius 3 is 2.72 bits per heavy atom. The molecule has 4 rings (SSSR count). The largest absolute Gasteiger partial charge is 0.389 e. The topological polar surface area (TPSA) is 96.7 Å². The molecule has 2 saturated heterocycles. The maximum atomic E-state index is 10.9. The predicted octanol–water partition coefficient (Wildman–Crippen LogP) is 5.07. The Morgan fingerprint density at radius 2 is 2.00 bits per heavy atom. The number of fused-ring (bicyclic) bond motifs is 1. The van der Waals surface area contributed by atoms with Crippen LogP contribution in [0.2, 0.25) is 5.02 Å². The van der Waals surface area contributed by atoms with E-state index in [0.29, 0.717) is 5.02 Å². The molecule has 0 amide bonds. The first-order chi connectivity index (χ1) is 14.1. The van der Waals surface area contributed by atoms with Crippen molar-refractivity contribution in [2.45, 2.75) is 41.0 Å². The minimum atomic E-state index is -1.06. The molecule has 0 aliphatic carbocycles. The van der Waals surface area contributed by atoms with E-state index < -0.39 is 36.1 Å². The first kappa shape index (κ1) is 21.0. The lowest BCUT2D eigenvalue weighted by Crippen LogP contribution is -2.60. The Kier molecular flexibility index (Phi) is 6.68. The fraction of sp³-hybridized carbons (Fsp3) is 0.368. The van der Waals surface area contributed by atoms with E-state index in [2.05, 4.69) is 26.0 Å². The number of thioether (sulfide) groups is 1. The van der Waals surface area contributed by atoms with E-state index in [9.17, 15) is 5.11 Å². The molecule has 2 aromatic rings. The first-order valence-corrected chi connectivity index (χ1v) is 10.9. The Balaban J connectivity index is 1.54. The van der Waals surface area contributed by atoms with Crippen LogP contribution in [0, 0.1) is 0 Å². The molecule has 0 bridgehead atoms. The Hall–Kier alpha value is -1.29. The standard InChI is InChI=1S/C19H17BrClN3O4S/c20-12-7-6-11(8-13(12)21)29-19-16(25)15(23-24-22)17-14(27-19)9-26-18(28-17)10-4-2-1-3-5-10/h1-8,14-19,25H,9H2/t14-,15-,16-,17+,18?,19-/m1/s1. The van der Waals surface area contributed by atoms with Crippen LogP contribution in [0.4, 0.5) is 0 Å². The van der Waals surface area contributed by atoms with Crippen molar-refractivity contribution in [3.63, 3.8) is 0 Å². The summed E-state index contributed by atoms with van der Waals surface area (Å²) in [6.45, 7) is 0.256. The van der Waals surface area contributed by atoms with Gasteiger partial charge in [0.15, 0.2) is 6.29 Å². The summed E-state index contributed by atoms with van der Waals surface area (Å²) < 4.78 is 18.7. The van der Waals surface area contributed by atoms with Crippen molar-refractivity contribution in [1.29, 1.82) is 0 Å². The lowest BCUT2D eigenvalue weighted by atomic mass is 9.97. The zero-order valence-corrected chi connectivity index (χ0v) is 18.1. The fourth-order valence-electron chi connectivity index (χ4n) is 3.33. The second-order valence-corrected chi connectivity index (χ2v) is 9.03. The van der Waals surface area contributed by atoms with Gasteiger partial charge in [-0.1, -0.05) is 58.8 Å². The molecule has 0 spiro atoms. The molecular formula is C19H17BrClN3O4S. The van der Waals surface area contributed by atoms with E-state index in [1.807, 2.05) is 42.5 Å². The summed E-state index contributed by atoms with van der Waals surface area (Å²) >= 11 is 10.8. The van der Waals surface area contributed by atoms with E-state index in [0.717, 1.165) is 14.9 Å². The molecule has 152 valence electrons. The number of rotatable bonds is 4. The van der Waals surface area contributed by atoms with Gasteiger partial charge < -0.3 is 19.3 Å². The van der Waals surface area contributed by atoms with Gasteiger partial charge in [0.25, 0.3) is 0 Å². The normalized spacial score (nSPS) is 31.6. The van der Waals surface area contributed by atoms with Gasteiger partial charge in [-0.25, -0.2) is 0 Å². The SMILES string of the molecule is [N-]=[N+]=N[C@@H]1[C@@H](O)[C@@H](Sc2ccc(Br)c(Cl)c2)O[C@@H]2COC(c3ccccc3)O[C@H]12. The van der Waals surface area contributed by atoms with Crippen molar-refractivity contribution in [3.8, 4) is 0 Å². The van der Waals surface area contributed by atoms with Gasteiger partial charge in [0.1, 0.15) is 23.7 Å². The van der Waals surface area contributed by atoms with E-state index in [1.165, 1.54) is 11.8 Å². The highest BCUT2D eigenvalue weighted by molar-refractivity contribution is 9.10. The summed E-state index contributed by atoms with van der Waals surface area (Å²) in [5.41, 5.74) is 9.23. The molecule has 2 heterocycles. The average molecular weight is 499 g/mol. The average Bonchev–Trinajstić information content (AvgIpc) is 2.74. The van der Waals surface area contributed by atoms with Crippen LogP contribution in [-0.4, -0.2) is 41.5 Å². The molecule has 6 atom stereocenters. The molecular weight excluding hydrogens is 482 g/mol. The monoisotopic (exact) mass is 497 g/mol. The second-order valence-electron chi connectivity index (χ2n) is 6.60. The van der Waals surface area contributed by atoms with Crippen molar-refractivity contribution in [1.82, 2.24) is 0 Å². The van der Waals surface area contributed by atoms with Crippen LogP contribution in [0.25, 0.3) is 10.4 Å². The van der Waals surface area contributed by atoms with Gasteiger partial charge in [-0.15, -0.1) is 0 Å². The molecule has 0 radical (unpaired) electrons. The van der Waals surface area contributed by atoms with E-state index in [1.54, 1.807) is 6.07 Å². The third-order valence-corrected chi connectivity index (χ3v) is 7.11. The molecule has 2 aromatic carbocycles. The minimum absolute atomic E-state index is 0.256. The van der Waals surface area contributed by atoms with Gasteiger partial charge in [0.05, 0.1) is 17.7 Å². The van der Waals surface area contributed by atoms with Crippen LogP contribution >= 0.6 is 39.3 Å². The summed E-state index contributed by atoms with van der Waals surface area (Å²) in [5, 5.41) is 15.2. The maximum absolute atomic E-state index is 10.9. The molecule has 1 unspecified atom stereocenters. The Bertz CT molecular complexity index is 918. The third kappa shape index (κ3) is 4.57. The van der Waals surface area contributed by atoms with E-state index >= 15 is 0 Å². The molecule has 0 saturated carbocycles. The van der Waals surface area contributed by atoms with Gasteiger partial charge in [0, 0.05) is 19.8 Å². The van der Waals surface area contributed by atoms with Crippen LogP contribution < -0.4 is 0 Å². The number of nitrogens with zero attached hydrogens (tertiary/aromatic N) is 3. The van der Waals surface area contributed by atoms with Crippen molar-refractivity contribution in [2.24, 2.45) is 5.11 Å². The Morgan fingerprint density at radius 1 is 1.21 bits per heavy atom. The van der Waals surface area contributed by atoms with Crippen LogP contribution in [-0.2, 0) is 14.2 Å². The van der Waals surface area contributed by atoms with E-state index in [4.69, 9.17) is 31.3 Å². The van der Waals surface area contributed by atoms with Gasteiger partial charge in [-0.05, 0) is 39.7 Å². The van der Waals surface area contributed by atoms with Crippen LogP contribution in [0.15, 0.2) is 63.0 Å². The summed E-state index contributed by atoms with van der Waals surface area (Å²) in [4.78, 5) is 3.74. The zero-order chi connectivity index (χ0) is 20.4. The molecule has 1 N–H and O–H groups in total. The van der Waals surface area contributed by atoms with Crippen LogP contribution in [0.5, 0.6) is 0 Å². The van der Waals surface area contributed by atoms with Gasteiger partial charge >= 0.3 is 0 Å². The minimum Gasteiger partial charge on any atom is -0.389 e. The lowest BCUT2D eigenvalue weighted by molar-refractivity contribution is -0.297. The highest BCUT2D eigenvalue weighted by atomic mass is 79.9. The van der Waals surface area contributed by atoms with Crippen LogP contribution in [0.1, 0.15) is 11.9 Å². The molecule has 2 aliphatic heterocycles. The number of halogens is 2. The number of benzene rings is 2. The molecule has 7 nitrogen and oxygen atoms in total. The predicted molar refractivity (Wildman–Crippen MR) is 113 cm³/mol. The summed E-state index contributed by atoms with van der Waals surface area (Å²) in [6.07, 6.45) is -2.77. The van der Waals surface area contributed by atoms with Gasteiger partial charge in [-0.3, -0.25) is 0 Å². The quantitative estimate of drug-likeness (QED) is 0.360. The number of aliphatic hydroxyl groups is 1. The van der Waals surface area contributed by atoms with Crippen molar-refractivity contribution < 1.29 is 19.3 Å². The molecule has 2 aliphatic rings. The number of hydrogen-bond donors (Lipinski definition) is 1. The third-order valence-electron chi connectivity index (χ3n) is 4.73. The zero-order valence-electron chi connectivity index (χ0n) is 15.0. The lowest BCUT2D eigenvalue weighted by Gasteiger charge is -2.46. The Labute approximate surface area is 185 Å². The van der Waals surface area contributed by atoms with Gasteiger partial charge in [0.2, 0.25) is 0 Å². The summed E-state index contributed by atoms with van der Waals surface area (Å²) in [5.74, 6) is 0. The summed E-state index contributed by atoms with van der Waals surface area (Å²) in [7, 11) is 0. The molecule has 0 aromatic heterocycles. The van der Waals surface area contributed by atoms with Crippen molar-refractivity contribution in [2.75, 3.05) is 6.61 Å². The number of ether oxygens (including phenoxy) is 3. The van der Waals surface area contributed by atoms with Crippen LogP contribution in [0.3, 0.4) is 0 Å². The van der Waals surface area contributed by atoms with Gasteiger partial charge in [-0.2, -0.15) is 0 Å². The summed E-state index contributed by atoms with van der Waals surface area (Å²) in [6, 6.07) is 14.1. The molecule has 10 heteroatoms. The fourth-order valence-corrected chi connectivity index (χ4v) is 4.92. The van der Waals surface area contributed by atoms with Crippen molar-refractivity contribution >= 4 is 39.3 Å². The highest BCUT2D eigenvalue weighted by Crippen LogP contribution is 2.40. The van der Waals surface area contributed by atoms with E-state index in [-0.39, 0.29) is 6.61 Å². The first-order valence-electron chi connectivity index (χ1n) is 8.88. The number of hydrogen-bond acceptors (Lipinski definition) is 6. The highest BCUT2D eigenvalue weighted by Gasteiger charge is 2.49. The molecule has 2 fully saturated rings. The molecule has 29 heavy (non-hydrogen) atoms. The number of azide groups is 1. The maximum Gasteiger partial charge on any atom is 0.184 e.